The highest BCUT2D eigenvalue weighted by atomic mass is 79.9. The molecule has 1 aromatic carbocycles. The van der Waals surface area contributed by atoms with Crippen LogP contribution in [-0.4, -0.2) is 51.1 Å². The number of rotatable bonds is 3. The molecule has 1 heterocycles. The van der Waals surface area contributed by atoms with E-state index >= 15 is 0 Å². The molecule has 108 valence electrons. The molecule has 4 nitrogen and oxygen atoms in total. The Labute approximate surface area is 128 Å². The van der Waals surface area contributed by atoms with Crippen LogP contribution in [0.15, 0.2) is 28.7 Å². The highest BCUT2D eigenvalue weighted by Gasteiger charge is 2.19. The molecule has 0 radical (unpaired) electrons. The molecule has 1 saturated heterocycles. The van der Waals surface area contributed by atoms with Crippen molar-refractivity contribution in [2.75, 3.05) is 40.3 Å². The number of carbonyl (C=O) groups excluding carboxylic acids is 1. The van der Waals surface area contributed by atoms with Crippen molar-refractivity contribution in [1.82, 2.24) is 4.90 Å². The summed E-state index contributed by atoms with van der Waals surface area (Å²) in [5, 5.41) is 0. The maximum Gasteiger partial charge on any atom is 0.246 e. The number of ether oxygens (including phenoxy) is 1. The van der Waals surface area contributed by atoms with Gasteiger partial charge in [-0.1, -0.05) is 6.07 Å². The van der Waals surface area contributed by atoms with E-state index in [1.54, 1.807) is 13.2 Å². The molecule has 0 saturated carbocycles. The van der Waals surface area contributed by atoms with Gasteiger partial charge < -0.3 is 14.5 Å². The number of piperazine rings is 1. The molecule has 0 aromatic heterocycles. The second kappa shape index (κ2) is 6.90. The maximum atomic E-state index is 12.1. The van der Waals surface area contributed by atoms with Gasteiger partial charge in [-0.2, -0.15) is 0 Å². The van der Waals surface area contributed by atoms with Crippen molar-refractivity contribution < 1.29 is 14.4 Å². The Morgan fingerprint density at radius 1 is 1.40 bits per heavy atom. The lowest BCUT2D eigenvalue weighted by Gasteiger charge is -2.29. The minimum Gasteiger partial charge on any atom is -0.496 e. The van der Waals surface area contributed by atoms with Gasteiger partial charge in [-0.15, -0.1) is 0 Å². The van der Waals surface area contributed by atoms with Crippen molar-refractivity contribution in [2.24, 2.45) is 0 Å². The summed E-state index contributed by atoms with van der Waals surface area (Å²) < 4.78 is 6.07. The molecule has 1 aliphatic rings. The number of nitrogens with zero attached hydrogens (tertiary/aromatic N) is 1. The first-order valence-electron chi connectivity index (χ1n) is 6.72. The van der Waals surface area contributed by atoms with Crippen LogP contribution in [0.3, 0.4) is 0 Å². The molecule has 20 heavy (non-hydrogen) atoms. The third-order valence-electron chi connectivity index (χ3n) is 3.52. The van der Waals surface area contributed by atoms with E-state index in [1.165, 1.54) is 4.90 Å². The molecular weight excluding hydrogens is 320 g/mol. The fraction of sp³-hybridized carbons (Fsp3) is 0.400. The summed E-state index contributed by atoms with van der Waals surface area (Å²) in [6, 6.07) is 5.76. The van der Waals surface area contributed by atoms with E-state index in [0.29, 0.717) is 0 Å². The molecule has 1 aliphatic heterocycles. The highest BCUT2D eigenvalue weighted by molar-refractivity contribution is 9.10. The number of nitrogens with one attached hydrogen (secondary N) is 1. The minimum atomic E-state index is 0.0874. The van der Waals surface area contributed by atoms with Gasteiger partial charge in [-0.05, 0) is 39.7 Å². The number of quaternary nitrogens is 1. The predicted octanol–water partition coefficient (Wildman–Crippen LogP) is 0.828. The quantitative estimate of drug-likeness (QED) is 0.827. The van der Waals surface area contributed by atoms with E-state index in [2.05, 4.69) is 23.0 Å². The first-order valence-corrected chi connectivity index (χ1v) is 7.51. The average Bonchev–Trinajstić information content (AvgIpc) is 2.45. The summed E-state index contributed by atoms with van der Waals surface area (Å²) >= 11 is 3.44. The van der Waals surface area contributed by atoms with Crippen molar-refractivity contribution in [3.8, 4) is 5.75 Å². The number of likely N-dealkylation sites (N-methyl/N-ethyl adjacent to an activating group) is 1. The Bertz CT molecular complexity index is 509. The fourth-order valence-corrected chi connectivity index (χ4v) is 2.73. The molecule has 1 amide bonds. The van der Waals surface area contributed by atoms with Crippen molar-refractivity contribution in [3.05, 3.63) is 34.3 Å². The van der Waals surface area contributed by atoms with Gasteiger partial charge in [0, 0.05) is 6.08 Å². The van der Waals surface area contributed by atoms with Gasteiger partial charge in [-0.3, -0.25) is 4.79 Å². The van der Waals surface area contributed by atoms with Gasteiger partial charge >= 0.3 is 0 Å². The van der Waals surface area contributed by atoms with Crippen LogP contribution in [0.2, 0.25) is 0 Å². The number of halogens is 1. The van der Waals surface area contributed by atoms with E-state index in [0.717, 1.165) is 42.0 Å². The normalized spacial score (nSPS) is 16.6. The number of hydrogen-bond acceptors (Lipinski definition) is 2. The van der Waals surface area contributed by atoms with Crippen LogP contribution in [0.4, 0.5) is 0 Å². The van der Waals surface area contributed by atoms with Crippen LogP contribution in [0.1, 0.15) is 5.56 Å². The number of amides is 1. The number of hydrogen-bond donors (Lipinski definition) is 1. The zero-order chi connectivity index (χ0) is 14.5. The van der Waals surface area contributed by atoms with Gasteiger partial charge in [0.05, 0.1) is 44.8 Å². The Kier molecular flexibility index (Phi) is 5.20. The number of carbonyl (C=O) groups is 1. The summed E-state index contributed by atoms with van der Waals surface area (Å²) in [7, 11) is 3.79. The molecule has 1 aromatic rings. The molecule has 0 bridgehead atoms. The second-order valence-electron chi connectivity index (χ2n) is 5.01. The van der Waals surface area contributed by atoms with E-state index in [4.69, 9.17) is 4.74 Å². The molecule has 1 N–H and O–H groups in total. The fourth-order valence-electron chi connectivity index (χ4n) is 2.17. The molecule has 1 fully saturated rings. The summed E-state index contributed by atoms with van der Waals surface area (Å²) in [6.07, 6.45) is 3.49. The molecule has 5 heteroatoms. The minimum absolute atomic E-state index is 0.0874. The Morgan fingerprint density at radius 2 is 2.10 bits per heavy atom. The number of methoxy groups -OCH3 is 1. The smallest absolute Gasteiger partial charge is 0.246 e. The topological polar surface area (TPSA) is 34.0 Å². The zero-order valence-corrected chi connectivity index (χ0v) is 13.4. The third-order valence-corrected chi connectivity index (χ3v) is 4.14. The molecular formula is C15H20BrN2O2+. The Hall–Kier alpha value is -1.33. The van der Waals surface area contributed by atoms with E-state index in [1.807, 2.05) is 29.2 Å². The average molecular weight is 340 g/mol. The van der Waals surface area contributed by atoms with Gasteiger partial charge in [0.25, 0.3) is 0 Å². The molecule has 0 unspecified atom stereocenters. The molecule has 0 aliphatic carbocycles. The molecule has 0 spiro atoms. The SMILES string of the molecule is COc1ccc(/C=C/C(=O)N2CC[NH+](C)CC2)cc1Br. The number of benzene rings is 1. The third kappa shape index (κ3) is 3.84. The molecule has 0 atom stereocenters. The van der Waals surface area contributed by atoms with Crippen LogP contribution < -0.4 is 9.64 Å². The standard InChI is InChI=1S/C15H19BrN2O2/c1-17-7-9-18(10-8-17)15(19)6-4-12-3-5-14(20-2)13(16)11-12/h3-6,11H,7-10H2,1-2H3/p+1/b6-4+. The first kappa shape index (κ1) is 15.1. The van der Waals surface area contributed by atoms with Crippen LogP contribution in [0.5, 0.6) is 5.75 Å². The Balaban J connectivity index is 1.98. The second-order valence-corrected chi connectivity index (χ2v) is 5.86. The summed E-state index contributed by atoms with van der Waals surface area (Å²) in [5.41, 5.74) is 0.978. The van der Waals surface area contributed by atoms with Crippen molar-refractivity contribution >= 4 is 27.9 Å². The largest absolute Gasteiger partial charge is 0.496 e. The maximum absolute atomic E-state index is 12.1. The summed E-state index contributed by atoms with van der Waals surface area (Å²) in [4.78, 5) is 15.5. The van der Waals surface area contributed by atoms with Crippen molar-refractivity contribution in [2.45, 2.75) is 0 Å². The van der Waals surface area contributed by atoms with Gasteiger partial charge in [0.1, 0.15) is 5.75 Å². The summed E-state index contributed by atoms with van der Waals surface area (Å²) in [5.74, 6) is 0.875. The van der Waals surface area contributed by atoms with Crippen LogP contribution >= 0.6 is 15.9 Å². The lowest BCUT2D eigenvalue weighted by atomic mass is 10.2. The van der Waals surface area contributed by atoms with E-state index in [9.17, 15) is 4.79 Å². The lowest BCUT2D eigenvalue weighted by Crippen LogP contribution is -3.12. The molecule has 2 rings (SSSR count). The van der Waals surface area contributed by atoms with Gasteiger partial charge in [-0.25, -0.2) is 0 Å². The Morgan fingerprint density at radius 3 is 2.70 bits per heavy atom. The first-order chi connectivity index (χ1) is 9.60. The monoisotopic (exact) mass is 339 g/mol. The van der Waals surface area contributed by atoms with Crippen LogP contribution in [0, 0.1) is 0 Å². The van der Waals surface area contributed by atoms with Crippen molar-refractivity contribution in [1.29, 1.82) is 0 Å². The lowest BCUT2D eigenvalue weighted by molar-refractivity contribution is -0.883. The van der Waals surface area contributed by atoms with Crippen LogP contribution in [0.25, 0.3) is 6.08 Å². The zero-order valence-electron chi connectivity index (χ0n) is 11.9. The predicted molar refractivity (Wildman–Crippen MR) is 82.9 cm³/mol. The van der Waals surface area contributed by atoms with Gasteiger partial charge in [0.2, 0.25) is 5.91 Å². The van der Waals surface area contributed by atoms with E-state index < -0.39 is 0 Å². The van der Waals surface area contributed by atoms with Gasteiger partial charge in [0.15, 0.2) is 0 Å². The van der Waals surface area contributed by atoms with Crippen molar-refractivity contribution in [3.63, 3.8) is 0 Å². The van der Waals surface area contributed by atoms with Crippen LogP contribution in [-0.2, 0) is 4.79 Å². The highest BCUT2D eigenvalue weighted by Crippen LogP contribution is 2.25. The van der Waals surface area contributed by atoms with E-state index in [-0.39, 0.29) is 5.91 Å². The summed E-state index contributed by atoms with van der Waals surface area (Å²) in [6.45, 7) is 3.71.